The van der Waals surface area contributed by atoms with Crippen molar-refractivity contribution in [1.29, 1.82) is 0 Å². The summed E-state index contributed by atoms with van der Waals surface area (Å²) in [6, 6.07) is 9.64. The van der Waals surface area contributed by atoms with Gasteiger partial charge in [0.05, 0.1) is 4.90 Å². The monoisotopic (exact) mass is 566 g/mol. The molecule has 0 bridgehead atoms. The zero-order valence-corrected chi connectivity index (χ0v) is 28.7. The molecule has 0 spiro atoms. The fraction of sp³-hybridized carbons (Fsp3) is 0.706. The van der Waals surface area contributed by atoms with Crippen LogP contribution in [0.25, 0.3) is 10.8 Å². The van der Waals surface area contributed by atoms with Gasteiger partial charge in [0.15, 0.2) is 0 Å². The molecule has 0 aliphatic rings. The summed E-state index contributed by atoms with van der Waals surface area (Å²) >= 11 is 0. The van der Waals surface area contributed by atoms with Gasteiger partial charge in [0.25, 0.3) is 0 Å². The predicted molar refractivity (Wildman–Crippen MR) is 163 cm³/mol. The number of benzene rings is 2. The first kappa shape index (κ1) is 36.6. The third kappa shape index (κ3) is 14.9. The number of rotatable bonds is 21. The van der Waals surface area contributed by atoms with E-state index in [1.807, 2.05) is 18.2 Å². The molecule has 2 aromatic rings. The van der Waals surface area contributed by atoms with Crippen LogP contribution in [0.1, 0.15) is 142 Å². The minimum absolute atomic E-state index is 0. The van der Waals surface area contributed by atoms with E-state index in [4.69, 9.17) is 0 Å². The summed E-state index contributed by atoms with van der Waals surface area (Å²) in [5.74, 6) is 1.59. The maximum atomic E-state index is 12.5. The summed E-state index contributed by atoms with van der Waals surface area (Å²) in [5, 5.41) is 1.46. The Morgan fingerprint density at radius 1 is 0.641 bits per heavy atom. The van der Waals surface area contributed by atoms with Crippen molar-refractivity contribution in [2.45, 2.75) is 148 Å². The summed E-state index contributed by atoms with van der Waals surface area (Å²) in [6.45, 7) is 9.15. The number of unbranched alkanes of at least 4 members (excludes halogenated alkanes) is 12. The van der Waals surface area contributed by atoms with Crippen LogP contribution < -0.4 is 29.6 Å². The third-order valence-corrected chi connectivity index (χ3v) is 8.85. The van der Waals surface area contributed by atoms with Gasteiger partial charge in [-0.15, -0.1) is 0 Å². The molecule has 0 amide bonds. The van der Waals surface area contributed by atoms with E-state index in [1.165, 1.54) is 77.0 Å². The van der Waals surface area contributed by atoms with Crippen LogP contribution in [0.5, 0.6) is 0 Å². The molecule has 0 N–H and O–H groups in total. The molecule has 0 unspecified atom stereocenters. The molecule has 0 heterocycles. The van der Waals surface area contributed by atoms with E-state index in [1.54, 1.807) is 6.07 Å². The fourth-order valence-electron chi connectivity index (χ4n) is 5.69. The average molecular weight is 567 g/mol. The van der Waals surface area contributed by atoms with E-state index in [-0.39, 0.29) is 34.5 Å². The molecule has 39 heavy (non-hydrogen) atoms. The summed E-state index contributed by atoms with van der Waals surface area (Å²) in [5.41, 5.74) is 1.87. The number of hydrogen-bond acceptors (Lipinski definition) is 3. The van der Waals surface area contributed by atoms with Crippen molar-refractivity contribution in [2.24, 2.45) is 11.8 Å². The van der Waals surface area contributed by atoms with Crippen LogP contribution in [0.3, 0.4) is 0 Å². The van der Waals surface area contributed by atoms with Crippen LogP contribution in [0.4, 0.5) is 0 Å². The van der Waals surface area contributed by atoms with Gasteiger partial charge in [-0.05, 0) is 59.4 Å². The van der Waals surface area contributed by atoms with E-state index >= 15 is 0 Å². The fourth-order valence-corrected chi connectivity index (χ4v) is 6.68. The summed E-state index contributed by atoms with van der Waals surface area (Å²) in [7, 11) is -4.55. The topological polar surface area (TPSA) is 57.2 Å². The Balaban J connectivity index is 0.00000760. The zero-order chi connectivity index (χ0) is 27.8. The molecule has 0 saturated carbocycles. The molecule has 0 aromatic heterocycles. The summed E-state index contributed by atoms with van der Waals surface area (Å²) in [6.07, 6.45) is 21.2. The van der Waals surface area contributed by atoms with Crippen molar-refractivity contribution in [3.63, 3.8) is 0 Å². The van der Waals surface area contributed by atoms with Crippen molar-refractivity contribution in [2.75, 3.05) is 0 Å². The number of fused-ring (bicyclic) bond motifs is 1. The van der Waals surface area contributed by atoms with Crippen LogP contribution in [0.15, 0.2) is 35.2 Å². The Labute approximate surface area is 263 Å². The molecular weight excluding hydrogens is 511 g/mol. The van der Waals surface area contributed by atoms with Gasteiger partial charge in [-0.1, -0.05) is 148 Å². The maximum Gasteiger partial charge on any atom is 1.00 e. The second kappa shape index (κ2) is 20.5. The Morgan fingerprint density at radius 3 is 1.56 bits per heavy atom. The molecule has 0 aliphatic carbocycles. The van der Waals surface area contributed by atoms with E-state index in [2.05, 4.69) is 33.8 Å². The van der Waals surface area contributed by atoms with E-state index < -0.39 is 10.1 Å². The molecule has 216 valence electrons. The van der Waals surface area contributed by atoms with Crippen LogP contribution in [-0.2, 0) is 23.0 Å². The second-order valence-corrected chi connectivity index (χ2v) is 13.6. The molecule has 0 radical (unpaired) electrons. The molecule has 3 nitrogen and oxygen atoms in total. The molecular formula is C34H55NaO3S. The smallest absolute Gasteiger partial charge is 0.744 e. The first-order valence-electron chi connectivity index (χ1n) is 15.7. The van der Waals surface area contributed by atoms with Crippen LogP contribution >= 0.6 is 0 Å². The van der Waals surface area contributed by atoms with E-state index in [0.29, 0.717) is 11.8 Å². The predicted octanol–water partition coefficient (Wildman–Crippen LogP) is 7.39. The third-order valence-electron chi connectivity index (χ3n) is 7.88. The van der Waals surface area contributed by atoms with Crippen molar-refractivity contribution in [3.8, 4) is 0 Å². The minimum Gasteiger partial charge on any atom is -0.744 e. The van der Waals surface area contributed by atoms with Gasteiger partial charge in [0, 0.05) is 0 Å². The Hall–Kier alpha value is -0.390. The van der Waals surface area contributed by atoms with Crippen molar-refractivity contribution in [3.05, 3.63) is 41.5 Å². The summed E-state index contributed by atoms with van der Waals surface area (Å²) < 4.78 is 37.5. The summed E-state index contributed by atoms with van der Waals surface area (Å²) in [4.78, 5) is 0.0458. The van der Waals surface area contributed by atoms with Gasteiger partial charge >= 0.3 is 29.6 Å². The van der Waals surface area contributed by atoms with Crippen LogP contribution in [-0.4, -0.2) is 13.0 Å². The van der Waals surface area contributed by atoms with Gasteiger partial charge in [-0.2, -0.15) is 0 Å². The van der Waals surface area contributed by atoms with Gasteiger partial charge in [-0.3, -0.25) is 0 Å². The Morgan fingerprint density at radius 2 is 1.08 bits per heavy atom. The molecule has 2 rings (SSSR count). The number of hydrogen-bond donors (Lipinski definition) is 0. The van der Waals surface area contributed by atoms with Crippen molar-refractivity contribution >= 4 is 20.9 Å². The first-order chi connectivity index (χ1) is 18.2. The molecule has 0 saturated heterocycles. The standard InChI is InChI=1S/C34H56O3S.Na/c1-28(2)21-15-11-7-5-9-13-17-23-30-27-31-24-19-20-26-33(31)34(38(35,36)37)32(30)25-18-14-10-6-8-12-16-22-29(3)4;/h19-20,24,26-29H,5-18,21-23,25H2,1-4H3,(H,35,36,37);/q;+1/p-1. The van der Waals surface area contributed by atoms with Crippen LogP contribution in [0.2, 0.25) is 0 Å². The molecule has 2 aromatic carbocycles. The van der Waals surface area contributed by atoms with Gasteiger partial charge in [0.1, 0.15) is 10.1 Å². The minimum atomic E-state index is -4.55. The van der Waals surface area contributed by atoms with Gasteiger partial charge in [-0.25, -0.2) is 8.42 Å². The van der Waals surface area contributed by atoms with Crippen molar-refractivity contribution in [1.82, 2.24) is 0 Å². The Kier molecular flexibility index (Phi) is 19.2. The second-order valence-electron chi connectivity index (χ2n) is 12.3. The molecule has 0 fully saturated rings. The largest absolute Gasteiger partial charge is 1.00 e. The maximum absolute atomic E-state index is 12.5. The molecule has 5 heteroatoms. The van der Waals surface area contributed by atoms with Gasteiger partial charge in [0.2, 0.25) is 0 Å². The van der Waals surface area contributed by atoms with E-state index in [0.717, 1.165) is 60.5 Å². The normalized spacial score (nSPS) is 12.0. The Bertz CT molecular complexity index is 1030. The quantitative estimate of drug-likeness (QED) is 0.0899. The van der Waals surface area contributed by atoms with E-state index in [9.17, 15) is 13.0 Å². The SMILES string of the molecule is CC(C)CCCCCCCCCc1cc2ccccc2c(S(=O)(=O)[O-])c1CCCCCCCCCC(C)C.[Na+]. The van der Waals surface area contributed by atoms with Gasteiger partial charge < -0.3 is 4.55 Å². The number of aryl methyl sites for hydroxylation is 1. The molecule has 0 aliphatic heterocycles. The zero-order valence-electron chi connectivity index (χ0n) is 25.9. The first-order valence-corrected chi connectivity index (χ1v) is 17.1. The molecule has 0 atom stereocenters. The van der Waals surface area contributed by atoms with Crippen LogP contribution in [0, 0.1) is 11.8 Å². The van der Waals surface area contributed by atoms with Crippen molar-refractivity contribution < 1.29 is 42.5 Å². The average Bonchev–Trinajstić information content (AvgIpc) is 2.85.